The van der Waals surface area contributed by atoms with Crippen LogP contribution < -0.4 is 10.1 Å². The van der Waals surface area contributed by atoms with Crippen LogP contribution in [0.25, 0.3) is 5.69 Å². The minimum Gasteiger partial charge on any atom is -0.497 e. The van der Waals surface area contributed by atoms with E-state index in [-0.39, 0.29) is 17.7 Å². The molecule has 2 atom stereocenters. The van der Waals surface area contributed by atoms with Crippen molar-refractivity contribution in [3.05, 3.63) is 60.4 Å². The summed E-state index contributed by atoms with van der Waals surface area (Å²) in [5.74, 6) is 1.08. The number of nitrogens with one attached hydrogen (secondary N) is 1. The van der Waals surface area contributed by atoms with Crippen molar-refractivity contribution in [2.24, 2.45) is 5.92 Å². The van der Waals surface area contributed by atoms with Crippen LogP contribution in [0, 0.1) is 5.92 Å². The van der Waals surface area contributed by atoms with Gasteiger partial charge in [-0.15, -0.1) is 5.10 Å². The molecule has 0 radical (unpaired) electrons. The number of carbonyl (C=O) groups excluding carboxylic acids is 1. The quantitative estimate of drug-likeness (QED) is 0.774. The maximum absolute atomic E-state index is 12.5. The molecule has 1 aliphatic carbocycles. The van der Waals surface area contributed by atoms with Crippen LogP contribution in [0.2, 0.25) is 0 Å². The van der Waals surface area contributed by atoms with Crippen LogP contribution in [-0.4, -0.2) is 33.2 Å². The van der Waals surface area contributed by atoms with E-state index in [1.54, 1.807) is 11.8 Å². The summed E-state index contributed by atoms with van der Waals surface area (Å²) < 4.78 is 6.80. The monoisotopic (exact) mass is 335 g/mol. The number of hydrogen-bond donors (Lipinski definition) is 1. The van der Waals surface area contributed by atoms with Crippen LogP contribution in [0.5, 0.6) is 5.75 Å². The predicted octanol–water partition coefficient (Wildman–Crippen LogP) is 2.41. The third-order valence-electron chi connectivity index (χ3n) is 4.38. The first-order valence-electron chi connectivity index (χ1n) is 8.03. The molecule has 2 aromatic carbocycles. The Morgan fingerprint density at radius 2 is 2.12 bits per heavy atom. The fraction of sp³-hybridized carbons (Fsp3) is 0.222. The summed E-state index contributed by atoms with van der Waals surface area (Å²) in [4.78, 5) is 12.5. The number of hydrogen-bond acceptors (Lipinski definition) is 5. The second-order valence-electron chi connectivity index (χ2n) is 6.02. The highest BCUT2D eigenvalue weighted by atomic mass is 16.5. The van der Waals surface area contributed by atoms with E-state index in [1.165, 1.54) is 6.33 Å². The zero-order valence-corrected chi connectivity index (χ0v) is 13.7. The molecule has 1 aromatic heterocycles. The van der Waals surface area contributed by atoms with Crippen molar-refractivity contribution in [3.8, 4) is 11.4 Å². The average molecular weight is 335 g/mol. The van der Waals surface area contributed by atoms with Crippen molar-refractivity contribution in [1.29, 1.82) is 0 Å². The number of tetrazole rings is 1. The summed E-state index contributed by atoms with van der Waals surface area (Å²) in [5, 5.41) is 14.1. The number of aromatic nitrogens is 4. The lowest BCUT2D eigenvalue weighted by Gasteiger charge is -2.07. The van der Waals surface area contributed by atoms with Gasteiger partial charge in [0.05, 0.1) is 12.8 Å². The molecule has 2 unspecified atom stereocenters. The Morgan fingerprint density at radius 3 is 2.92 bits per heavy atom. The highest BCUT2D eigenvalue weighted by molar-refractivity contribution is 5.95. The number of ether oxygens (including phenoxy) is 1. The van der Waals surface area contributed by atoms with Gasteiger partial charge in [0.25, 0.3) is 0 Å². The number of rotatable bonds is 5. The van der Waals surface area contributed by atoms with Crippen molar-refractivity contribution in [2.75, 3.05) is 12.4 Å². The Hall–Kier alpha value is -3.22. The average Bonchev–Trinajstić information content (AvgIpc) is 3.27. The Bertz CT molecular complexity index is 894. The van der Waals surface area contributed by atoms with E-state index in [9.17, 15) is 4.79 Å². The number of carbonyl (C=O) groups is 1. The largest absolute Gasteiger partial charge is 0.497 e. The lowest BCUT2D eigenvalue weighted by Crippen LogP contribution is -2.14. The van der Waals surface area contributed by atoms with Crippen LogP contribution >= 0.6 is 0 Å². The van der Waals surface area contributed by atoms with Gasteiger partial charge >= 0.3 is 0 Å². The molecule has 1 fully saturated rings. The molecule has 1 amide bonds. The molecule has 1 aliphatic rings. The van der Waals surface area contributed by atoms with Crippen LogP contribution in [-0.2, 0) is 4.79 Å². The minimum absolute atomic E-state index is 0.0104. The molecule has 7 heteroatoms. The highest BCUT2D eigenvalue weighted by Gasteiger charge is 2.44. The number of methoxy groups -OCH3 is 1. The number of nitrogens with zero attached hydrogens (tertiary/aromatic N) is 4. The van der Waals surface area contributed by atoms with Gasteiger partial charge < -0.3 is 10.1 Å². The summed E-state index contributed by atoms with van der Waals surface area (Å²) in [5.41, 5.74) is 2.67. The lowest BCUT2D eigenvalue weighted by molar-refractivity contribution is -0.117. The van der Waals surface area contributed by atoms with Gasteiger partial charge in [-0.2, -0.15) is 0 Å². The van der Waals surface area contributed by atoms with Gasteiger partial charge in [0.2, 0.25) is 5.91 Å². The fourth-order valence-corrected chi connectivity index (χ4v) is 2.97. The van der Waals surface area contributed by atoms with Crippen LogP contribution in [0.15, 0.2) is 54.9 Å². The number of benzene rings is 2. The lowest BCUT2D eigenvalue weighted by atomic mass is 10.1. The Kier molecular flexibility index (Phi) is 3.89. The van der Waals surface area contributed by atoms with Crippen molar-refractivity contribution in [1.82, 2.24) is 20.2 Å². The Balaban J connectivity index is 1.44. The molecular weight excluding hydrogens is 318 g/mol. The maximum atomic E-state index is 12.5. The normalized spacial score (nSPS) is 18.6. The van der Waals surface area contributed by atoms with E-state index >= 15 is 0 Å². The first-order chi connectivity index (χ1) is 12.2. The smallest absolute Gasteiger partial charge is 0.228 e. The predicted molar refractivity (Wildman–Crippen MR) is 91.6 cm³/mol. The SMILES string of the molecule is COc1cccc(C2CC2C(=O)Nc2cccc(-n3cnnn3)c2)c1. The molecule has 1 N–H and O–H groups in total. The third kappa shape index (κ3) is 3.21. The molecule has 4 rings (SSSR count). The summed E-state index contributed by atoms with van der Waals surface area (Å²) >= 11 is 0. The third-order valence-corrected chi connectivity index (χ3v) is 4.38. The van der Waals surface area contributed by atoms with E-state index in [0.29, 0.717) is 0 Å². The molecule has 1 heterocycles. The van der Waals surface area contributed by atoms with Crippen molar-refractivity contribution >= 4 is 11.6 Å². The maximum Gasteiger partial charge on any atom is 0.228 e. The van der Waals surface area contributed by atoms with Gasteiger partial charge in [0, 0.05) is 11.6 Å². The Morgan fingerprint density at radius 1 is 1.24 bits per heavy atom. The molecule has 0 saturated heterocycles. The summed E-state index contributed by atoms with van der Waals surface area (Å²) in [6.07, 6.45) is 2.37. The number of amides is 1. The molecule has 3 aromatic rings. The van der Waals surface area contributed by atoms with Crippen molar-refractivity contribution in [3.63, 3.8) is 0 Å². The van der Waals surface area contributed by atoms with Crippen LogP contribution in [0.4, 0.5) is 5.69 Å². The fourth-order valence-electron chi connectivity index (χ4n) is 2.97. The highest BCUT2D eigenvalue weighted by Crippen LogP contribution is 2.48. The zero-order valence-electron chi connectivity index (χ0n) is 13.7. The molecule has 0 bridgehead atoms. The molecule has 1 saturated carbocycles. The van der Waals surface area contributed by atoms with E-state index in [4.69, 9.17) is 4.74 Å². The van der Waals surface area contributed by atoms with Gasteiger partial charge in [0.15, 0.2) is 0 Å². The summed E-state index contributed by atoms with van der Waals surface area (Å²) in [6, 6.07) is 15.3. The zero-order chi connectivity index (χ0) is 17.2. The van der Waals surface area contributed by atoms with Crippen LogP contribution in [0.3, 0.4) is 0 Å². The minimum atomic E-state index is -0.0104. The molecule has 126 valence electrons. The number of anilines is 1. The van der Waals surface area contributed by atoms with Crippen molar-refractivity contribution in [2.45, 2.75) is 12.3 Å². The van der Waals surface area contributed by atoms with E-state index < -0.39 is 0 Å². The van der Waals surface area contributed by atoms with Crippen LogP contribution in [0.1, 0.15) is 17.9 Å². The molecular formula is C18H17N5O2. The molecule has 0 spiro atoms. The molecule has 25 heavy (non-hydrogen) atoms. The van der Waals surface area contributed by atoms with Gasteiger partial charge in [-0.3, -0.25) is 4.79 Å². The Labute approximate surface area is 144 Å². The molecule has 7 nitrogen and oxygen atoms in total. The second-order valence-corrected chi connectivity index (χ2v) is 6.02. The second kappa shape index (κ2) is 6.35. The van der Waals surface area contributed by atoms with E-state index in [1.807, 2.05) is 48.5 Å². The summed E-state index contributed by atoms with van der Waals surface area (Å²) in [7, 11) is 1.65. The molecule has 0 aliphatic heterocycles. The van der Waals surface area contributed by atoms with Gasteiger partial charge in [-0.1, -0.05) is 18.2 Å². The topological polar surface area (TPSA) is 81.9 Å². The van der Waals surface area contributed by atoms with Gasteiger partial charge in [-0.05, 0) is 58.7 Å². The first kappa shape index (κ1) is 15.3. The van der Waals surface area contributed by atoms with E-state index in [0.717, 1.165) is 29.1 Å². The van der Waals surface area contributed by atoms with Gasteiger partial charge in [-0.25, -0.2) is 4.68 Å². The summed E-state index contributed by atoms with van der Waals surface area (Å²) in [6.45, 7) is 0. The standard InChI is InChI=1S/C18H17N5O2/c1-25-15-7-2-4-12(8-15)16-10-17(16)18(24)20-13-5-3-6-14(9-13)23-11-19-21-22-23/h2-9,11,16-17H,10H2,1H3,(H,20,24). The van der Waals surface area contributed by atoms with Crippen molar-refractivity contribution < 1.29 is 9.53 Å². The van der Waals surface area contributed by atoms with E-state index in [2.05, 4.69) is 20.8 Å². The van der Waals surface area contributed by atoms with Gasteiger partial charge in [0.1, 0.15) is 12.1 Å². The first-order valence-corrected chi connectivity index (χ1v) is 8.03.